The van der Waals surface area contributed by atoms with Gasteiger partial charge < -0.3 is 9.32 Å². The molecule has 2 aromatic rings. The van der Waals surface area contributed by atoms with Crippen LogP contribution in [-0.2, 0) is 9.59 Å². The quantitative estimate of drug-likeness (QED) is 0.734. The number of imide groups is 1. The second-order valence-electron chi connectivity index (χ2n) is 6.88. The second-order valence-corrected chi connectivity index (χ2v) is 6.88. The summed E-state index contributed by atoms with van der Waals surface area (Å²) >= 11 is 0. The molecule has 8 heteroatoms. The Bertz CT molecular complexity index is 875. The molecule has 4 rings (SSSR count). The molecule has 0 spiro atoms. The summed E-state index contributed by atoms with van der Waals surface area (Å²) in [6.07, 6.45) is 1.66. The van der Waals surface area contributed by atoms with E-state index in [1.165, 1.54) is 11.2 Å². The lowest BCUT2D eigenvalue weighted by Gasteiger charge is -2.36. The normalized spacial score (nSPS) is 20.4. The van der Waals surface area contributed by atoms with Gasteiger partial charge in [-0.1, -0.05) is 18.2 Å². The van der Waals surface area contributed by atoms with E-state index in [4.69, 9.17) is 4.42 Å². The summed E-state index contributed by atoms with van der Waals surface area (Å²) in [5, 5.41) is 0. The Labute approximate surface area is 169 Å². The van der Waals surface area contributed by atoms with Crippen LogP contribution in [0.3, 0.4) is 0 Å². The number of halogens is 1. The highest BCUT2D eigenvalue weighted by atomic mass is 35.5. The molecule has 28 heavy (non-hydrogen) atoms. The van der Waals surface area contributed by atoms with E-state index >= 15 is 0 Å². The molecule has 1 aromatic carbocycles. The van der Waals surface area contributed by atoms with E-state index in [-0.39, 0.29) is 36.5 Å². The standard InChI is InChI=1S/C20H21N3O4.ClH/c1-14-5-2-3-6-15(14)23-18(24)13-16(19(23)25)21-8-10-22(11-9-21)20(26)17-7-4-12-27-17;/h2-7,12,16H,8-11,13H2,1H3;1H. The minimum absolute atomic E-state index is 0. The van der Waals surface area contributed by atoms with E-state index in [0.717, 1.165) is 5.56 Å². The molecule has 0 saturated carbocycles. The van der Waals surface area contributed by atoms with E-state index in [2.05, 4.69) is 0 Å². The lowest BCUT2D eigenvalue weighted by Crippen LogP contribution is -2.53. The summed E-state index contributed by atoms with van der Waals surface area (Å²) in [6.45, 7) is 4.00. The third-order valence-electron chi connectivity index (χ3n) is 5.25. The zero-order valence-corrected chi connectivity index (χ0v) is 16.4. The number of benzene rings is 1. The van der Waals surface area contributed by atoms with Gasteiger partial charge in [0.2, 0.25) is 5.91 Å². The highest BCUT2D eigenvalue weighted by Gasteiger charge is 2.44. The van der Waals surface area contributed by atoms with Crippen molar-refractivity contribution in [2.45, 2.75) is 19.4 Å². The maximum absolute atomic E-state index is 12.9. The van der Waals surface area contributed by atoms with Crippen LogP contribution in [0.2, 0.25) is 0 Å². The van der Waals surface area contributed by atoms with Gasteiger partial charge in [-0.15, -0.1) is 12.4 Å². The molecule has 2 saturated heterocycles. The van der Waals surface area contributed by atoms with Crippen molar-refractivity contribution in [2.75, 3.05) is 31.1 Å². The third-order valence-corrected chi connectivity index (χ3v) is 5.25. The van der Waals surface area contributed by atoms with Crippen LogP contribution >= 0.6 is 12.4 Å². The molecule has 0 bridgehead atoms. The van der Waals surface area contributed by atoms with Crippen molar-refractivity contribution in [1.82, 2.24) is 9.80 Å². The summed E-state index contributed by atoms with van der Waals surface area (Å²) in [7, 11) is 0. The zero-order chi connectivity index (χ0) is 19.0. The van der Waals surface area contributed by atoms with E-state index in [1.807, 2.05) is 30.0 Å². The number of furan rings is 1. The first-order chi connectivity index (χ1) is 13.1. The maximum atomic E-state index is 12.9. The average Bonchev–Trinajstić information content (AvgIpc) is 3.31. The zero-order valence-electron chi connectivity index (χ0n) is 15.5. The Morgan fingerprint density at radius 2 is 1.75 bits per heavy atom. The summed E-state index contributed by atoms with van der Waals surface area (Å²) in [6, 6.07) is 10.3. The highest BCUT2D eigenvalue weighted by molar-refractivity contribution is 6.22. The summed E-state index contributed by atoms with van der Waals surface area (Å²) in [4.78, 5) is 42.9. The predicted molar refractivity (Wildman–Crippen MR) is 106 cm³/mol. The lowest BCUT2D eigenvalue weighted by atomic mass is 10.1. The van der Waals surface area contributed by atoms with Crippen LogP contribution in [0, 0.1) is 6.92 Å². The molecule has 0 radical (unpaired) electrons. The molecule has 148 valence electrons. The molecule has 1 atom stereocenters. The van der Waals surface area contributed by atoms with E-state index < -0.39 is 6.04 Å². The number of nitrogens with zero attached hydrogens (tertiary/aromatic N) is 3. The van der Waals surface area contributed by atoms with Crippen LogP contribution in [0.15, 0.2) is 47.1 Å². The Morgan fingerprint density at radius 3 is 2.39 bits per heavy atom. The minimum Gasteiger partial charge on any atom is -0.459 e. The number of hydrogen-bond donors (Lipinski definition) is 0. The monoisotopic (exact) mass is 403 g/mol. The van der Waals surface area contributed by atoms with E-state index in [9.17, 15) is 14.4 Å². The Kier molecular flexibility index (Phi) is 5.86. The van der Waals surface area contributed by atoms with Crippen molar-refractivity contribution < 1.29 is 18.8 Å². The number of carbonyl (C=O) groups excluding carboxylic acids is 3. The minimum atomic E-state index is -0.460. The molecule has 2 aliphatic heterocycles. The van der Waals surface area contributed by atoms with Crippen LogP contribution in [0.1, 0.15) is 22.5 Å². The van der Waals surface area contributed by atoms with Crippen molar-refractivity contribution in [3.05, 3.63) is 54.0 Å². The summed E-state index contributed by atoms with van der Waals surface area (Å²) in [5.41, 5.74) is 1.55. The van der Waals surface area contributed by atoms with Gasteiger partial charge in [0.05, 0.1) is 24.4 Å². The first-order valence-electron chi connectivity index (χ1n) is 9.05. The predicted octanol–water partition coefficient (Wildman–Crippen LogP) is 2.10. The van der Waals surface area contributed by atoms with Crippen molar-refractivity contribution in [1.29, 1.82) is 0 Å². The Morgan fingerprint density at radius 1 is 1.04 bits per heavy atom. The van der Waals surface area contributed by atoms with Crippen molar-refractivity contribution in [3.63, 3.8) is 0 Å². The number of amides is 3. The van der Waals surface area contributed by atoms with Gasteiger partial charge in [-0.3, -0.25) is 19.3 Å². The number of piperazine rings is 1. The molecule has 2 aliphatic rings. The largest absolute Gasteiger partial charge is 0.459 e. The summed E-state index contributed by atoms with van der Waals surface area (Å²) in [5.74, 6) is -0.176. The van der Waals surface area contributed by atoms with Crippen molar-refractivity contribution in [3.8, 4) is 0 Å². The first kappa shape index (κ1) is 20.1. The summed E-state index contributed by atoms with van der Waals surface area (Å²) < 4.78 is 5.17. The van der Waals surface area contributed by atoms with Crippen LogP contribution < -0.4 is 4.90 Å². The van der Waals surface area contributed by atoms with Crippen molar-refractivity contribution >= 4 is 35.8 Å². The van der Waals surface area contributed by atoms with Gasteiger partial charge in [-0.05, 0) is 30.7 Å². The molecule has 0 aliphatic carbocycles. The van der Waals surface area contributed by atoms with Gasteiger partial charge >= 0.3 is 0 Å². The van der Waals surface area contributed by atoms with Crippen LogP contribution in [0.5, 0.6) is 0 Å². The topological polar surface area (TPSA) is 74.1 Å². The van der Waals surface area contributed by atoms with Gasteiger partial charge in [0, 0.05) is 26.2 Å². The van der Waals surface area contributed by atoms with Crippen molar-refractivity contribution in [2.24, 2.45) is 0 Å². The second kappa shape index (κ2) is 8.16. The number of para-hydroxylation sites is 1. The van der Waals surface area contributed by atoms with Gasteiger partial charge in [-0.25, -0.2) is 4.90 Å². The van der Waals surface area contributed by atoms with Crippen LogP contribution in [0.4, 0.5) is 5.69 Å². The fraction of sp³-hybridized carbons (Fsp3) is 0.350. The molecule has 1 unspecified atom stereocenters. The fourth-order valence-corrected chi connectivity index (χ4v) is 3.76. The van der Waals surface area contributed by atoms with Crippen LogP contribution in [-0.4, -0.2) is 59.7 Å². The third kappa shape index (κ3) is 3.55. The molecule has 0 N–H and O–H groups in total. The number of carbonyl (C=O) groups is 3. The van der Waals surface area contributed by atoms with Gasteiger partial charge in [-0.2, -0.15) is 0 Å². The smallest absolute Gasteiger partial charge is 0.289 e. The Balaban J connectivity index is 0.00000225. The fourth-order valence-electron chi connectivity index (χ4n) is 3.76. The number of anilines is 1. The molecule has 3 amide bonds. The molecule has 3 heterocycles. The number of aryl methyl sites for hydroxylation is 1. The van der Waals surface area contributed by atoms with Crippen LogP contribution in [0.25, 0.3) is 0 Å². The molecular formula is C20H22ClN3O4. The Hall–Kier alpha value is -2.64. The average molecular weight is 404 g/mol. The van der Waals surface area contributed by atoms with E-state index in [1.54, 1.807) is 23.1 Å². The highest BCUT2D eigenvalue weighted by Crippen LogP contribution is 2.28. The molecule has 1 aromatic heterocycles. The van der Waals surface area contributed by atoms with Gasteiger partial charge in [0.15, 0.2) is 5.76 Å². The van der Waals surface area contributed by atoms with Gasteiger partial charge in [0.25, 0.3) is 11.8 Å². The molecule has 7 nitrogen and oxygen atoms in total. The first-order valence-corrected chi connectivity index (χ1v) is 9.05. The number of hydrogen-bond acceptors (Lipinski definition) is 5. The lowest BCUT2D eigenvalue weighted by molar-refractivity contribution is -0.123. The maximum Gasteiger partial charge on any atom is 0.289 e. The SMILES string of the molecule is Cc1ccccc1N1C(=O)CC(N2CCN(C(=O)c3ccco3)CC2)C1=O.Cl. The molecular weight excluding hydrogens is 382 g/mol. The molecule has 2 fully saturated rings. The van der Waals surface area contributed by atoms with E-state index in [0.29, 0.717) is 37.6 Å². The van der Waals surface area contributed by atoms with Gasteiger partial charge in [0.1, 0.15) is 0 Å². The number of rotatable bonds is 3.